The summed E-state index contributed by atoms with van der Waals surface area (Å²) >= 11 is 0. The number of nitrogen functional groups attached to an aromatic ring is 1. The van der Waals surface area contributed by atoms with Gasteiger partial charge in [-0.1, -0.05) is 35.5 Å². The minimum absolute atomic E-state index is 0.712. The standard InChI is InChI=1S/C13H12N4/c14-11-6-7-13-12(8-11)15-16-17(13)9-10-4-2-1-3-5-10/h1-8H,9,14H2. The summed E-state index contributed by atoms with van der Waals surface area (Å²) in [6, 6.07) is 15.8. The zero-order valence-corrected chi connectivity index (χ0v) is 9.24. The van der Waals surface area contributed by atoms with Crippen molar-refractivity contribution in [2.24, 2.45) is 0 Å². The molecule has 1 heterocycles. The molecule has 3 aromatic rings. The topological polar surface area (TPSA) is 56.7 Å². The van der Waals surface area contributed by atoms with E-state index in [1.807, 2.05) is 41.1 Å². The summed E-state index contributed by atoms with van der Waals surface area (Å²) in [5.41, 5.74) is 9.46. The second kappa shape index (κ2) is 3.90. The van der Waals surface area contributed by atoms with Crippen molar-refractivity contribution in [3.63, 3.8) is 0 Å². The predicted octanol–water partition coefficient (Wildman–Crippen LogP) is 2.06. The number of hydrogen-bond donors (Lipinski definition) is 1. The Morgan fingerprint density at radius 3 is 2.71 bits per heavy atom. The SMILES string of the molecule is Nc1ccc2c(c1)nnn2Cc1ccccc1. The minimum Gasteiger partial charge on any atom is -0.399 e. The fourth-order valence-electron chi connectivity index (χ4n) is 1.86. The summed E-state index contributed by atoms with van der Waals surface area (Å²) in [6.07, 6.45) is 0. The number of benzene rings is 2. The summed E-state index contributed by atoms with van der Waals surface area (Å²) in [5.74, 6) is 0. The van der Waals surface area contributed by atoms with Crippen LogP contribution in [0, 0.1) is 0 Å². The third-order valence-electron chi connectivity index (χ3n) is 2.71. The Balaban J connectivity index is 2.01. The molecule has 0 spiro atoms. The van der Waals surface area contributed by atoms with E-state index in [1.54, 1.807) is 0 Å². The van der Waals surface area contributed by atoms with Crippen LogP contribution in [0.2, 0.25) is 0 Å². The molecule has 0 radical (unpaired) electrons. The lowest BCUT2D eigenvalue weighted by Gasteiger charge is -2.02. The summed E-state index contributed by atoms with van der Waals surface area (Å²) in [6.45, 7) is 0.723. The van der Waals surface area contributed by atoms with Crippen molar-refractivity contribution < 1.29 is 0 Å². The van der Waals surface area contributed by atoms with Crippen LogP contribution in [0.5, 0.6) is 0 Å². The highest BCUT2D eigenvalue weighted by atomic mass is 15.4. The molecule has 17 heavy (non-hydrogen) atoms. The maximum Gasteiger partial charge on any atom is 0.115 e. The quantitative estimate of drug-likeness (QED) is 0.678. The number of aromatic nitrogens is 3. The van der Waals surface area contributed by atoms with Gasteiger partial charge in [0.2, 0.25) is 0 Å². The van der Waals surface area contributed by atoms with Crippen LogP contribution in [0.1, 0.15) is 5.56 Å². The highest BCUT2D eigenvalue weighted by Gasteiger charge is 2.04. The molecule has 4 nitrogen and oxygen atoms in total. The Morgan fingerprint density at radius 1 is 1.06 bits per heavy atom. The molecular weight excluding hydrogens is 212 g/mol. The van der Waals surface area contributed by atoms with Gasteiger partial charge in [0, 0.05) is 5.69 Å². The van der Waals surface area contributed by atoms with Crippen molar-refractivity contribution >= 4 is 16.7 Å². The van der Waals surface area contributed by atoms with E-state index in [2.05, 4.69) is 22.4 Å². The average molecular weight is 224 g/mol. The molecule has 0 fully saturated rings. The summed E-state index contributed by atoms with van der Waals surface area (Å²) < 4.78 is 1.88. The van der Waals surface area contributed by atoms with Gasteiger partial charge in [0.1, 0.15) is 5.52 Å². The number of rotatable bonds is 2. The van der Waals surface area contributed by atoms with Gasteiger partial charge >= 0.3 is 0 Å². The second-order valence-electron chi connectivity index (χ2n) is 3.98. The molecule has 0 bridgehead atoms. The Kier molecular flexibility index (Phi) is 2.26. The lowest BCUT2D eigenvalue weighted by molar-refractivity contribution is 0.670. The Labute approximate surface area is 98.7 Å². The van der Waals surface area contributed by atoms with Gasteiger partial charge < -0.3 is 5.73 Å². The number of nitrogens with two attached hydrogens (primary N) is 1. The van der Waals surface area contributed by atoms with Crippen molar-refractivity contribution in [2.45, 2.75) is 6.54 Å². The van der Waals surface area contributed by atoms with E-state index in [1.165, 1.54) is 5.56 Å². The first-order valence-electron chi connectivity index (χ1n) is 5.45. The molecule has 4 heteroatoms. The smallest absolute Gasteiger partial charge is 0.115 e. The van der Waals surface area contributed by atoms with Crippen LogP contribution in [-0.2, 0) is 6.54 Å². The summed E-state index contributed by atoms with van der Waals surface area (Å²) in [7, 11) is 0. The molecule has 1 aromatic heterocycles. The molecular formula is C13H12N4. The number of fused-ring (bicyclic) bond motifs is 1. The van der Waals surface area contributed by atoms with Crippen LogP contribution in [0.25, 0.3) is 11.0 Å². The van der Waals surface area contributed by atoms with Gasteiger partial charge in [0.25, 0.3) is 0 Å². The molecule has 0 amide bonds. The van der Waals surface area contributed by atoms with Crippen molar-refractivity contribution in [1.82, 2.24) is 15.0 Å². The van der Waals surface area contributed by atoms with E-state index in [0.717, 1.165) is 17.6 Å². The fraction of sp³-hybridized carbons (Fsp3) is 0.0769. The maximum atomic E-state index is 5.71. The van der Waals surface area contributed by atoms with Gasteiger partial charge in [-0.25, -0.2) is 4.68 Å². The Bertz CT molecular complexity index is 643. The van der Waals surface area contributed by atoms with E-state index in [0.29, 0.717) is 5.69 Å². The molecule has 0 atom stereocenters. The first kappa shape index (κ1) is 9.84. The monoisotopic (exact) mass is 224 g/mol. The number of nitrogens with zero attached hydrogens (tertiary/aromatic N) is 3. The molecule has 0 saturated heterocycles. The number of anilines is 1. The van der Waals surface area contributed by atoms with Gasteiger partial charge in [-0.3, -0.25) is 0 Å². The molecule has 2 N–H and O–H groups in total. The van der Waals surface area contributed by atoms with Gasteiger partial charge in [0.05, 0.1) is 12.1 Å². The van der Waals surface area contributed by atoms with E-state index >= 15 is 0 Å². The molecule has 0 aliphatic heterocycles. The van der Waals surface area contributed by atoms with Crippen LogP contribution in [0.15, 0.2) is 48.5 Å². The first-order valence-corrected chi connectivity index (χ1v) is 5.45. The minimum atomic E-state index is 0.712. The van der Waals surface area contributed by atoms with Gasteiger partial charge in [-0.2, -0.15) is 0 Å². The molecule has 0 unspecified atom stereocenters. The van der Waals surface area contributed by atoms with Crippen LogP contribution in [0.3, 0.4) is 0 Å². The van der Waals surface area contributed by atoms with Crippen LogP contribution < -0.4 is 5.73 Å². The molecule has 84 valence electrons. The van der Waals surface area contributed by atoms with Crippen LogP contribution >= 0.6 is 0 Å². The Hall–Kier alpha value is -2.36. The van der Waals surface area contributed by atoms with Crippen LogP contribution in [-0.4, -0.2) is 15.0 Å². The Morgan fingerprint density at radius 2 is 1.88 bits per heavy atom. The van der Waals surface area contributed by atoms with Gasteiger partial charge in [-0.15, -0.1) is 5.10 Å². The lowest BCUT2D eigenvalue weighted by Crippen LogP contribution is -2.01. The van der Waals surface area contributed by atoms with E-state index in [-0.39, 0.29) is 0 Å². The van der Waals surface area contributed by atoms with Crippen molar-refractivity contribution in [3.8, 4) is 0 Å². The normalized spacial score (nSPS) is 10.8. The highest BCUT2D eigenvalue weighted by Crippen LogP contribution is 2.15. The molecule has 2 aromatic carbocycles. The molecule has 0 aliphatic rings. The van der Waals surface area contributed by atoms with E-state index in [9.17, 15) is 0 Å². The summed E-state index contributed by atoms with van der Waals surface area (Å²) in [4.78, 5) is 0. The zero-order valence-electron chi connectivity index (χ0n) is 9.24. The molecule has 3 rings (SSSR count). The first-order chi connectivity index (χ1) is 8.33. The lowest BCUT2D eigenvalue weighted by atomic mass is 10.2. The maximum absolute atomic E-state index is 5.71. The third-order valence-corrected chi connectivity index (χ3v) is 2.71. The van der Waals surface area contributed by atoms with Gasteiger partial charge in [0.15, 0.2) is 0 Å². The van der Waals surface area contributed by atoms with Crippen LogP contribution in [0.4, 0.5) is 5.69 Å². The highest BCUT2D eigenvalue weighted by molar-refractivity contribution is 5.78. The fourth-order valence-corrected chi connectivity index (χ4v) is 1.86. The predicted molar refractivity (Wildman–Crippen MR) is 67.5 cm³/mol. The summed E-state index contributed by atoms with van der Waals surface area (Å²) in [5, 5.41) is 8.25. The van der Waals surface area contributed by atoms with E-state index < -0.39 is 0 Å². The van der Waals surface area contributed by atoms with Crippen molar-refractivity contribution in [2.75, 3.05) is 5.73 Å². The van der Waals surface area contributed by atoms with Crippen molar-refractivity contribution in [1.29, 1.82) is 0 Å². The average Bonchev–Trinajstić information content (AvgIpc) is 2.73. The largest absolute Gasteiger partial charge is 0.399 e. The molecule has 0 aliphatic carbocycles. The number of hydrogen-bond acceptors (Lipinski definition) is 3. The van der Waals surface area contributed by atoms with E-state index in [4.69, 9.17) is 5.73 Å². The second-order valence-corrected chi connectivity index (χ2v) is 3.98. The van der Waals surface area contributed by atoms with Gasteiger partial charge in [-0.05, 0) is 23.8 Å². The molecule has 0 saturated carbocycles. The zero-order chi connectivity index (χ0) is 11.7. The van der Waals surface area contributed by atoms with Crippen molar-refractivity contribution in [3.05, 3.63) is 54.1 Å². The third kappa shape index (κ3) is 1.85.